The number of para-hydroxylation sites is 1. The number of phenols is 1. The van der Waals surface area contributed by atoms with Crippen LogP contribution in [-0.2, 0) is 5.75 Å². The van der Waals surface area contributed by atoms with Crippen LogP contribution in [-0.4, -0.2) is 15.2 Å². The van der Waals surface area contributed by atoms with Gasteiger partial charge in [-0.05, 0) is 23.6 Å². The van der Waals surface area contributed by atoms with Gasteiger partial charge in [-0.2, -0.15) is 16.3 Å². The van der Waals surface area contributed by atoms with E-state index in [1.54, 1.807) is 23.5 Å². The fraction of sp³-hybridized carbons (Fsp3) is 0.0769. The first-order valence-electron chi connectivity index (χ1n) is 5.59. The molecule has 4 nitrogen and oxygen atoms in total. The van der Waals surface area contributed by atoms with E-state index >= 15 is 0 Å². The van der Waals surface area contributed by atoms with Gasteiger partial charge in [-0.3, -0.25) is 0 Å². The number of aromatic hydroxyl groups is 1. The lowest BCUT2D eigenvalue weighted by atomic mass is 10.3. The number of thioether (sulfide) groups is 1. The molecule has 0 saturated carbocycles. The van der Waals surface area contributed by atoms with E-state index in [1.807, 2.05) is 29.0 Å². The second-order valence-electron chi connectivity index (χ2n) is 3.78. The molecule has 3 aromatic rings. The lowest BCUT2D eigenvalue weighted by molar-refractivity contribution is 0.391. The van der Waals surface area contributed by atoms with Crippen LogP contribution in [0.25, 0.3) is 11.4 Å². The summed E-state index contributed by atoms with van der Waals surface area (Å²) in [7, 11) is 0. The normalized spacial score (nSPS) is 10.7. The monoisotopic (exact) mass is 290 g/mol. The quantitative estimate of drug-likeness (QED) is 0.741. The zero-order chi connectivity index (χ0) is 13.1. The van der Waals surface area contributed by atoms with Gasteiger partial charge in [-0.1, -0.05) is 17.3 Å². The Labute approximate surface area is 118 Å². The summed E-state index contributed by atoms with van der Waals surface area (Å²) in [6.07, 6.45) is 0. The minimum absolute atomic E-state index is 0.269. The lowest BCUT2D eigenvalue weighted by Gasteiger charge is -2.00. The summed E-state index contributed by atoms with van der Waals surface area (Å²) in [6.45, 7) is 0. The summed E-state index contributed by atoms with van der Waals surface area (Å²) in [4.78, 5) is 5.13. The molecule has 0 atom stereocenters. The van der Waals surface area contributed by atoms with Gasteiger partial charge in [-0.25, -0.2) is 0 Å². The van der Waals surface area contributed by atoms with Gasteiger partial charge in [0.1, 0.15) is 5.75 Å². The average molecular weight is 290 g/mol. The number of hydrogen-bond donors (Lipinski definition) is 1. The second kappa shape index (κ2) is 5.46. The molecule has 0 unspecified atom stereocenters. The third kappa shape index (κ3) is 2.80. The highest BCUT2D eigenvalue weighted by atomic mass is 32.2. The van der Waals surface area contributed by atoms with Crippen LogP contribution in [0, 0.1) is 0 Å². The molecule has 0 bridgehead atoms. The summed E-state index contributed by atoms with van der Waals surface area (Å²) < 4.78 is 5.19. The van der Waals surface area contributed by atoms with Crippen LogP contribution < -0.4 is 0 Å². The number of aromatic nitrogens is 2. The van der Waals surface area contributed by atoms with Crippen molar-refractivity contribution in [3.05, 3.63) is 47.0 Å². The number of thiophene rings is 1. The summed E-state index contributed by atoms with van der Waals surface area (Å²) in [5.41, 5.74) is 0.965. The van der Waals surface area contributed by atoms with Crippen molar-refractivity contribution >= 4 is 23.1 Å². The van der Waals surface area contributed by atoms with Gasteiger partial charge in [0.25, 0.3) is 0 Å². The fourth-order valence-electron chi connectivity index (χ4n) is 1.54. The maximum Gasteiger partial charge on any atom is 0.237 e. The van der Waals surface area contributed by atoms with Crippen molar-refractivity contribution in [1.29, 1.82) is 0 Å². The number of hydrogen-bond acceptors (Lipinski definition) is 6. The Balaban J connectivity index is 1.70. The first kappa shape index (κ1) is 12.3. The van der Waals surface area contributed by atoms with Crippen molar-refractivity contribution < 1.29 is 9.63 Å². The van der Waals surface area contributed by atoms with Crippen LogP contribution in [0.5, 0.6) is 5.75 Å². The zero-order valence-corrected chi connectivity index (χ0v) is 11.4. The van der Waals surface area contributed by atoms with Crippen molar-refractivity contribution in [2.45, 2.75) is 10.6 Å². The molecule has 0 aliphatic rings. The smallest absolute Gasteiger partial charge is 0.237 e. The Morgan fingerprint density at radius 1 is 1.26 bits per heavy atom. The highest BCUT2D eigenvalue weighted by Gasteiger charge is 2.10. The van der Waals surface area contributed by atoms with E-state index in [0.29, 0.717) is 17.5 Å². The maximum absolute atomic E-state index is 9.66. The third-order valence-corrected chi connectivity index (χ3v) is 4.19. The molecule has 0 aliphatic carbocycles. The molecular formula is C13H10N2O2S2. The number of phenolic OH excluding ortho intramolecular Hbond substituents is 1. The Kier molecular flexibility index (Phi) is 3.52. The van der Waals surface area contributed by atoms with Crippen molar-refractivity contribution in [3.8, 4) is 17.1 Å². The molecule has 0 saturated heterocycles. The fourth-order valence-corrected chi connectivity index (χ4v) is 2.96. The van der Waals surface area contributed by atoms with Crippen LogP contribution >= 0.6 is 23.1 Å². The Hall–Kier alpha value is -1.79. The first-order chi connectivity index (χ1) is 9.33. The molecule has 6 heteroatoms. The van der Waals surface area contributed by atoms with Crippen LogP contribution in [0.1, 0.15) is 5.89 Å². The molecular weight excluding hydrogens is 280 g/mol. The molecule has 2 aromatic heterocycles. The molecule has 0 aliphatic heterocycles. The topological polar surface area (TPSA) is 59.2 Å². The standard InChI is InChI=1S/C13H10N2O2S2/c16-10-3-1-2-4-11(10)19-8-12-14-13(15-17-12)9-5-6-18-7-9/h1-7,16H,8H2. The summed E-state index contributed by atoms with van der Waals surface area (Å²) in [6, 6.07) is 9.14. The van der Waals surface area contributed by atoms with E-state index < -0.39 is 0 Å². The second-order valence-corrected chi connectivity index (χ2v) is 5.58. The van der Waals surface area contributed by atoms with Crippen molar-refractivity contribution in [2.24, 2.45) is 0 Å². The third-order valence-electron chi connectivity index (χ3n) is 2.46. The van der Waals surface area contributed by atoms with Gasteiger partial charge in [0, 0.05) is 15.8 Å². The van der Waals surface area contributed by atoms with Crippen LogP contribution in [0.4, 0.5) is 0 Å². The van der Waals surface area contributed by atoms with Gasteiger partial charge in [-0.15, -0.1) is 11.8 Å². The molecule has 19 heavy (non-hydrogen) atoms. The molecule has 1 N–H and O–H groups in total. The Morgan fingerprint density at radius 3 is 2.95 bits per heavy atom. The molecule has 96 valence electrons. The molecule has 0 amide bonds. The predicted molar refractivity (Wildman–Crippen MR) is 75.3 cm³/mol. The van der Waals surface area contributed by atoms with Gasteiger partial charge in [0.05, 0.1) is 5.75 Å². The highest BCUT2D eigenvalue weighted by Crippen LogP contribution is 2.30. The minimum atomic E-state index is 0.269. The van der Waals surface area contributed by atoms with Crippen LogP contribution in [0.3, 0.4) is 0 Å². The molecule has 3 rings (SSSR count). The molecule has 0 spiro atoms. The van der Waals surface area contributed by atoms with Crippen LogP contribution in [0.2, 0.25) is 0 Å². The highest BCUT2D eigenvalue weighted by molar-refractivity contribution is 7.98. The molecule has 1 aromatic carbocycles. The van der Waals surface area contributed by atoms with E-state index in [9.17, 15) is 5.11 Å². The van der Waals surface area contributed by atoms with Crippen LogP contribution in [0.15, 0.2) is 50.5 Å². The minimum Gasteiger partial charge on any atom is -0.507 e. The largest absolute Gasteiger partial charge is 0.507 e. The summed E-state index contributed by atoms with van der Waals surface area (Å²) >= 11 is 3.06. The van der Waals surface area contributed by atoms with Crippen molar-refractivity contribution in [2.75, 3.05) is 0 Å². The summed E-state index contributed by atoms with van der Waals surface area (Å²) in [5, 5.41) is 17.5. The van der Waals surface area contributed by atoms with E-state index in [1.165, 1.54) is 11.8 Å². The van der Waals surface area contributed by atoms with E-state index in [-0.39, 0.29) is 5.75 Å². The van der Waals surface area contributed by atoms with E-state index in [2.05, 4.69) is 10.1 Å². The van der Waals surface area contributed by atoms with Gasteiger partial charge < -0.3 is 9.63 Å². The Bertz CT molecular complexity index is 665. The van der Waals surface area contributed by atoms with E-state index in [4.69, 9.17) is 4.52 Å². The number of benzene rings is 1. The maximum atomic E-state index is 9.66. The average Bonchev–Trinajstić information content (AvgIpc) is 3.09. The SMILES string of the molecule is Oc1ccccc1SCc1nc(-c2ccsc2)no1. The molecule has 2 heterocycles. The molecule has 0 radical (unpaired) electrons. The number of nitrogens with zero attached hydrogens (tertiary/aromatic N) is 2. The van der Waals surface area contributed by atoms with Crippen molar-refractivity contribution in [1.82, 2.24) is 10.1 Å². The van der Waals surface area contributed by atoms with Gasteiger partial charge in [0.2, 0.25) is 11.7 Å². The van der Waals surface area contributed by atoms with E-state index in [0.717, 1.165) is 10.5 Å². The summed E-state index contributed by atoms with van der Waals surface area (Å²) in [5.74, 6) is 1.96. The first-order valence-corrected chi connectivity index (χ1v) is 7.52. The Morgan fingerprint density at radius 2 is 2.16 bits per heavy atom. The van der Waals surface area contributed by atoms with Gasteiger partial charge >= 0.3 is 0 Å². The zero-order valence-electron chi connectivity index (χ0n) is 9.81. The van der Waals surface area contributed by atoms with Gasteiger partial charge in [0.15, 0.2) is 0 Å². The predicted octanol–water partition coefficient (Wildman–Crippen LogP) is 3.80. The number of rotatable bonds is 4. The van der Waals surface area contributed by atoms with Crippen molar-refractivity contribution in [3.63, 3.8) is 0 Å². The lowest BCUT2D eigenvalue weighted by Crippen LogP contribution is -1.81. The molecule has 0 fully saturated rings.